The molecule has 2 heteroatoms. The predicted molar refractivity (Wildman–Crippen MR) is 131 cm³/mol. The molecule has 0 unspecified atom stereocenters. The molecule has 0 spiro atoms. The highest BCUT2D eigenvalue weighted by Crippen LogP contribution is 2.55. The first kappa shape index (κ1) is 22.3. The van der Waals surface area contributed by atoms with Crippen LogP contribution in [0.15, 0.2) is 9.79 Å². The molecular formula is C27H39NS. The summed E-state index contributed by atoms with van der Waals surface area (Å²) in [4.78, 5) is 5.66. The zero-order chi connectivity index (χ0) is 21.5. The Labute approximate surface area is 183 Å². The molecule has 158 valence electrons. The van der Waals surface area contributed by atoms with Gasteiger partial charge in [-0.1, -0.05) is 44.4 Å². The first-order valence-electron chi connectivity index (χ1n) is 11.4. The Hall–Kier alpha value is -1.41. The van der Waals surface area contributed by atoms with Crippen LogP contribution in [-0.2, 0) is 0 Å². The van der Waals surface area contributed by atoms with Crippen molar-refractivity contribution in [2.24, 2.45) is 0 Å². The summed E-state index contributed by atoms with van der Waals surface area (Å²) >= 11 is 2.02. The van der Waals surface area contributed by atoms with Crippen molar-refractivity contribution in [3.8, 4) is 0 Å². The minimum absolute atomic E-state index is 1.12. The number of benzene rings is 2. The summed E-state index contributed by atoms with van der Waals surface area (Å²) in [6.45, 7) is 21.9. The van der Waals surface area contributed by atoms with Gasteiger partial charge in [0.1, 0.15) is 0 Å². The molecule has 1 aliphatic rings. The van der Waals surface area contributed by atoms with E-state index in [0.717, 1.165) is 6.54 Å². The molecule has 1 heterocycles. The van der Waals surface area contributed by atoms with Crippen LogP contribution in [0.3, 0.4) is 0 Å². The van der Waals surface area contributed by atoms with E-state index >= 15 is 0 Å². The monoisotopic (exact) mass is 409 g/mol. The fourth-order valence-corrected chi connectivity index (χ4v) is 6.26. The number of nitrogens with zero attached hydrogens (tertiary/aromatic N) is 1. The van der Waals surface area contributed by atoms with Crippen molar-refractivity contribution < 1.29 is 0 Å². The van der Waals surface area contributed by atoms with Crippen molar-refractivity contribution in [1.82, 2.24) is 0 Å². The summed E-state index contributed by atoms with van der Waals surface area (Å²) in [7, 11) is 0. The van der Waals surface area contributed by atoms with Crippen LogP contribution in [0, 0.1) is 55.4 Å². The fourth-order valence-electron chi connectivity index (χ4n) is 4.73. The molecule has 29 heavy (non-hydrogen) atoms. The van der Waals surface area contributed by atoms with Gasteiger partial charge in [0.05, 0.1) is 11.4 Å². The molecule has 0 amide bonds. The molecule has 0 bridgehead atoms. The molecular weight excluding hydrogens is 370 g/mol. The Bertz CT molecular complexity index is 870. The normalized spacial score (nSPS) is 12.9. The number of unbranched alkanes of at least 4 members (excludes halogenated alkanes) is 4. The van der Waals surface area contributed by atoms with Crippen molar-refractivity contribution in [3.63, 3.8) is 0 Å². The van der Waals surface area contributed by atoms with Gasteiger partial charge in [0.25, 0.3) is 0 Å². The second-order valence-corrected chi connectivity index (χ2v) is 10.0. The summed E-state index contributed by atoms with van der Waals surface area (Å²) < 4.78 is 0. The van der Waals surface area contributed by atoms with Crippen LogP contribution in [-0.4, -0.2) is 6.54 Å². The third-order valence-corrected chi connectivity index (χ3v) is 8.83. The van der Waals surface area contributed by atoms with E-state index in [0.29, 0.717) is 0 Å². The number of rotatable bonds is 6. The van der Waals surface area contributed by atoms with E-state index in [4.69, 9.17) is 0 Å². The van der Waals surface area contributed by atoms with Gasteiger partial charge in [-0.25, -0.2) is 0 Å². The second-order valence-electron chi connectivity index (χ2n) is 9.02. The maximum Gasteiger partial charge on any atom is 0.0588 e. The van der Waals surface area contributed by atoms with Crippen molar-refractivity contribution >= 4 is 23.1 Å². The highest BCUT2D eigenvalue weighted by atomic mass is 32.2. The Balaban J connectivity index is 2.18. The number of hydrogen-bond donors (Lipinski definition) is 0. The molecule has 3 rings (SSSR count). The first-order valence-corrected chi connectivity index (χ1v) is 12.2. The number of fused-ring (bicyclic) bond motifs is 2. The lowest BCUT2D eigenvalue weighted by Crippen LogP contribution is -2.26. The smallest absolute Gasteiger partial charge is 0.0588 e. The molecule has 0 fully saturated rings. The molecule has 2 aromatic rings. The summed E-state index contributed by atoms with van der Waals surface area (Å²) in [6.07, 6.45) is 6.61. The number of hydrogen-bond acceptors (Lipinski definition) is 2. The number of anilines is 2. The molecule has 0 aliphatic carbocycles. The Morgan fingerprint density at radius 2 is 0.931 bits per heavy atom. The molecule has 2 aromatic carbocycles. The minimum Gasteiger partial charge on any atom is -0.339 e. The maximum absolute atomic E-state index is 2.69. The van der Waals surface area contributed by atoms with Crippen molar-refractivity contribution in [2.75, 3.05) is 11.4 Å². The topological polar surface area (TPSA) is 3.24 Å². The quantitative estimate of drug-likeness (QED) is 0.439. The van der Waals surface area contributed by atoms with Gasteiger partial charge in [0.2, 0.25) is 0 Å². The lowest BCUT2D eigenvalue weighted by atomic mass is 9.93. The van der Waals surface area contributed by atoms with Gasteiger partial charge in [-0.05, 0) is 106 Å². The largest absolute Gasteiger partial charge is 0.339 e. The predicted octanol–water partition coefficient (Wildman–Crippen LogP) is 8.73. The molecule has 0 saturated carbocycles. The van der Waals surface area contributed by atoms with Crippen LogP contribution < -0.4 is 4.90 Å². The van der Waals surface area contributed by atoms with E-state index in [9.17, 15) is 0 Å². The molecule has 0 saturated heterocycles. The first-order chi connectivity index (χ1) is 13.7. The Morgan fingerprint density at radius 3 is 1.38 bits per heavy atom. The van der Waals surface area contributed by atoms with Crippen LogP contribution in [0.2, 0.25) is 0 Å². The van der Waals surface area contributed by atoms with Crippen molar-refractivity contribution in [3.05, 3.63) is 44.5 Å². The van der Waals surface area contributed by atoms with Gasteiger partial charge in [0, 0.05) is 16.3 Å². The highest BCUT2D eigenvalue weighted by Gasteiger charge is 2.31. The Kier molecular flexibility index (Phi) is 6.73. The van der Waals surface area contributed by atoms with E-state index < -0.39 is 0 Å². The maximum atomic E-state index is 2.69. The van der Waals surface area contributed by atoms with Gasteiger partial charge in [-0.2, -0.15) is 0 Å². The minimum atomic E-state index is 1.12. The van der Waals surface area contributed by atoms with E-state index in [2.05, 4.69) is 67.2 Å². The summed E-state index contributed by atoms with van der Waals surface area (Å²) in [5.74, 6) is 0. The van der Waals surface area contributed by atoms with Gasteiger partial charge in [0.15, 0.2) is 0 Å². The summed E-state index contributed by atoms with van der Waals surface area (Å²) in [5.41, 5.74) is 14.6. The zero-order valence-corrected chi connectivity index (χ0v) is 20.9. The average molecular weight is 410 g/mol. The van der Waals surface area contributed by atoms with E-state index in [1.807, 2.05) is 11.8 Å². The van der Waals surface area contributed by atoms with Gasteiger partial charge >= 0.3 is 0 Å². The van der Waals surface area contributed by atoms with Crippen LogP contribution in [0.5, 0.6) is 0 Å². The molecule has 0 radical (unpaired) electrons. The van der Waals surface area contributed by atoms with Gasteiger partial charge in [-0.15, -0.1) is 0 Å². The standard InChI is InChI=1S/C27H39NS/c1-10-11-12-13-14-15-28-24-20(6)16(2)18(4)22(8)26(24)29-27-23(9)19(5)17(3)21(7)25(27)28/h10-15H2,1-9H3. The SMILES string of the molecule is CCCCCCCN1c2c(C)c(C)c(C)c(C)c2Sc2c(C)c(C)c(C)c(C)c21. The lowest BCUT2D eigenvalue weighted by molar-refractivity contribution is 0.631. The highest BCUT2D eigenvalue weighted by molar-refractivity contribution is 7.99. The van der Waals surface area contributed by atoms with Gasteiger partial charge in [-0.3, -0.25) is 0 Å². The fraction of sp³-hybridized carbons (Fsp3) is 0.556. The van der Waals surface area contributed by atoms with Gasteiger partial charge < -0.3 is 4.90 Å². The molecule has 0 atom stereocenters. The van der Waals surface area contributed by atoms with E-state index in [-0.39, 0.29) is 0 Å². The van der Waals surface area contributed by atoms with Crippen LogP contribution >= 0.6 is 11.8 Å². The molecule has 1 aliphatic heterocycles. The third-order valence-electron chi connectivity index (χ3n) is 7.43. The summed E-state index contributed by atoms with van der Waals surface area (Å²) in [6, 6.07) is 0. The second kappa shape index (κ2) is 8.76. The molecule has 1 nitrogen and oxygen atoms in total. The third kappa shape index (κ3) is 3.74. The van der Waals surface area contributed by atoms with Crippen LogP contribution in [0.4, 0.5) is 11.4 Å². The van der Waals surface area contributed by atoms with Crippen LogP contribution in [0.25, 0.3) is 0 Å². The van der Waals surface area contributed by atoms with E-state index in [1.165, 1.54) is 97.8 Å². The average Bonchev–Trinajstić information content (AvgIpc) is 2.72. The van der Waals surface area contributed by atoms with Crippen molar-refractivity contribution in [2.45, 2.75) is 104 Å². The lowest BCUT2D eigenvalue weighted by Gasteiger charge is -2.39. The van der Waals surface area contributed by atoms with E-state index in [1.54, 1.807) is 0 Å². The Morgan fingerprint density at radius 1 is 0.517 bits per heavy atom. The van der Waals surface area contributed by atoms with Crippen LogP contribution in [0.1, 0.15) is 83.5 Å². The summed E-state index contributed by atoms with van der Waals surface area (Å²) in [5, 5.41) is 0. The molecule has 0 aromatic heterocycles. The molecule has 0 N–H and O–H groups in total. The zero-order valence-electron chi connectivity index (χ0n) is 20.1. The van der Waals surface area contributed by atoms with Crippen molar-refractivity contribution in [1.29, 1.82) is 0 Å².